The number of H-pyrrole nitrogens is 2. The fourth-order valence-electron chi connectivity index (χ4n) is 2.79. The van der Waals surface area contributed by atoms with Crippen molar-refractivity contribution < 1.29 is 18.7 Å². The highest BCUT2D eigenvalue weighted by molar-refractivity contribution is 6.02. The quantitative estimate of drug-likeness (QED) is 0.629. The van der Waals surface area contributed by atoms with Crippen LogP contribution < -0.4 is 15.7 Å². The third-order valence-corrected chi connectivity index (χ3v) is 3.90. The summed E-state index contributed by atoms with van der Waals surface area (Å²) < 4.78 is 24.2. The number of fused-ring (bicyclic) bond motifs is 2. The number of hydrogen-bond donors (Lipinski definition) is 3. The summed E-state index contributed by atoms with van der Waals surface area (Å²) in [7, 11) is 0. The van der Waals surface area contributed by atoms with Crippen LogP contribution in [0.3, 0.4) is 0 Å². The number of anilines is 1. The fourth-order valence-corrected chi connectivity index (χ4v) is 2.79. The Morgan fingerprint density at radius 1 is 1.19 bits per heavy atom. The van der Waals surface area contributed by atoms with Crippen molar-refractivity contribution in [2.45, 2.75) is 6.61 Å². The van der Waals surface area contributed by atoms with Crippen LogP contribution in [0.25, 0.3) is 17.1 Å². The molecule has 0 saturated heterocycles. The van der Waals surface area contributed by atoms with E-state index in [2.05, 4.69) is 15.3 Å². The smallest absolute Gasteiger partial charge is 0.323 e. The van der Waals surface area contributed by atoms with E-state index >= 15 is 0 Å². The van der Waals surface area contributed by atoms with Gasteiger partial charge >= 0.3 is 5.69 Å². The van der Waals surface area contributed by atoms with Crippen LogP contribution in [0.2, 0.25) is 0 Å². The van der Waals surface area contributed by atoms with Gasteiger partial charge in [0.1, 0.15) is 11.6 Å². The van der Waals surface area contributed by atoms with Gasteiger partial charge in [0.25, 0.3) is 0 Å². The molecule has 26 heavy (non-hydrogen) atoms. The van der Waals surface area contributed by atoms with Gasteiger partial charge in [-0.15, -0.1) is 0 Å². The number of carbonyl (C=O) groups excluding carboxylic acids is 1. The number of amides is 1. The second-order valence-corrected chi connectivity index (χ2v) is 5.76. The van der Waals surface area contributed by atoms with Gasteiger partial charge in [-0.1, -0.05) is 0 Å². The lowest BCUT2D eigenvalue weighted by molar-refractivity contribution is -0.111. The number of hydrogen-bond acceptors (Lipinski definition) is 4. The summed E-state index contributed by atoms with van der Waals surface area (Å²) in [6.07, 6.45) is 2.77. The molecule has 0 radical (unpaired) electrons. The number of aromatic amines is 2. The van der Waals surface area contributed by atoms with Crippen LogP contribution in [0.1, 0.15) is 11.1 Å². The molecule has 0 aliphatic carbocycles. The molecule has 7 nitrogen and oxygen atoms in total. The Morgan fingerprint density at radius 2 is 2.04 bits per heavy atom. The third kappa shape index (κ3) is 3.22. The van der Waals surface area contributed by atoms with Crippen molar-refractivity contribution in [1.29, 1.82) is 0 Å². The lowest BCUT2D eigenvalue weighted by atomic mass is 10.1. The van der Waals surface area contributed by atoms with Gasteiger partial charge in [-0.25, -0.2) is 9.18 Å². The van der Waals surface area contributed by atoms with Gasteiger partial charge in [0.2, 0.25) is 5.91 Å². The lowest BCUT2D eigenvalue weighted by Crippen LogP contribution is -2.13. The molecule has 132 valence electrons. The second kappa shape index (κ2) is 6.49. The molecule has 1 aromatic heterocycles. The van der Waals surface area contributed by atoms with E-state index < -0.39 is 11.7 Å². The molecular weight excluding hydrogens is 341 g/mol. The number of nitrogens with one attached hydrogen (secondary N) is 3. The van der Waals surface area contributed by atoms with Crippen LogP contribution in [0, 0.1) is 5.82 Å². The number of rotatable bonds is 3. The summed E-state index contributed by atoms with van der Waals surface area (Å²) in [6, 6.07) is 7.64. The number of imidazole rings is 1. The molecule has 0 bridgehead atoms. The standard InChI is InChI=1S/C18H14FN3O4/c19-12-5-10(17-11(6-12)8-25-9-26-17)1-4-16(23)20-13-2-3-14-15(7-13)22-18(24)21-14/h1-7H,8-9H2,(H,20,23)(H2,21,22,24)/b4-1+. The van der Waals surface area contributed by atoms with Crippen LogP contribution in [0.15, 0.2) is 41.2 Å². The Kier molecular flexibility index (Phi) is 4.02. The topological polar surface area (TPSA) is 96.2 Å². The highest BCUT2D eigenvalue weighted by atomic mass is 19.1. The molecule has 2 aromatic carbocycles. The van der Waals surface area contributed by atoms with Crippen LogP contribution in [0.5, 0.6) is 5.75 Å². The van der Waals surface area contributed by atoms with Crippen LogP contribution >= 0.6 is 0 Å². The minimum absolute atomic E-state index is 0.0839. The van der Waals surface area contributed by atoms with Gasteiger partial charge in [-0.3, -0.25) is 4.79 Å². The number of ether oxygens (including phenoxy) is 2. The van der Waals surface area contributed by atoms with Gasteiger partial charge in [0, 0.05) is 22.9 Å². The predicted molar refractivity (Wildman–Crippen MR) is 93.3 cm³/mol. The highest BCUT2D eigenvalue weighted by Gasteiger charge is 2.15. The summed E-state index contributed by atoms with van der Waals surface area (Å²) in [6.45, 7) is 0.343. The van der Waals surface area contributed by atoms with E-state index in [0.29, 0.717) is 33.6 Å². The van der Waals surface area contributed by atoms with Gasteiger partial charge in [-0.05, 0) is 36.4 Å². The zero-order valence-electron chi connectivity index (χ0n) is 13.5. The zero-order valence-corrected chi connectivity index (χ0v) is 13.5. The second-order valence-electron chi connectivity index (χ2n) is 5.76. The molecule has 3 N–H and O–H groups in total. The maximum Gasteiger partial charge on any atom is 0.323 e. The molecule has 1 aliphatic rings. The number of benzene rings is 2. The minimum Gasteiger partial charge on any atom is -0.467 e. The largest absolute Gasteiger partial charge is 0.467 e. The molecule has 0 unspecified atom stereocenters. The zero-order chi connectivity index (χ0) is 18.1. The van der Waals surface area contributed by atoms with Crippen molar-refractivity contribution in [2.75, 3.05) is 12.1 Å². The maximum absolute atomic E-state index is 13.7. The van der Waals surface area contributed by atoms with Crippen molar-refractivity contribution in [2.24, 2.45) is 0 Å². The molecule has 0 fully saturated rings. The minimum atomic E-state index is -0.431. The SMILES string of the molecule is O=C(/C=C/c1cc(F)cc2c1OCOC2)Nc1ccc2[nH]c(=O)[nH]c2c1. The Morgan fingerprint density at radius 3 is 2.92 bits per heavy atom. The van der Waals surface area contributed by atoms with Crippen molar-refractivity contribution in [3.05, 3.63) is 63.8 Å². The first-order valence-electron chi connectivity index (χ1n) is 7.82. The molecule has 4 rings (SSSR count). The molecule has 1 aliphatic heterocycles. The molecule has 1 amide bonds. The summed E-state index contributed by atoms with van der Waals surface area (Å²) in [5, 5.41) is 2.69. The molecule has 0 atom stereocenters. The molecule has 0 spiro atoms. The van der Waals surface area contributed by atoms with E-state index in [1.165, 1.54) is 24.3 Å². The average molecular weight is 355 g/mol. The van der Waals surface area contributed by atoms with Crippen molar-refractivity contribution in [1.82, 2.24) is 9.97 Å². The van der Waals surface area contributed by atoms with E-state index in [-0.39, 0.29) is 19.1 Å². The summed E-state index contributed by atoms with van der Waals surface area (Å²) in [4.78, 5) is 28.7. The number of aromatic nitrogens is 2. The van der Waals surface area contributed by atoms with Gasteiger partial charge in [0.15, 0.2) is 6.79 Å². The first-order chi connectivity index (χ1) is 12.6. The van der Waals surface area contributed by atoms with Crippen LogP contribution in [-0.4, -0.2) is 22.7 Å². The van der Waals surface area contributed by atoms with Gasteiger partial charge < -0.3 is 24.8 Å². The number of halogens is 1. The van der Waals surface area contributed by atoms with Crippen LogP contribution in [-0.2, 0) is 16.1 Å². The van der Waals surface area contributed by atoms with Crippen LogP contribution in [0.4, 0.5) is 10.1 Å². The number of carbonyl (C=O) groups is 1. The fraction of sp³-hybridized carbons (Fsp3) is 0.111. The summed E-state index contributed by atoms with van der Waals surface area (Å²) in [5.41, 5.74) is 2.50. The van der Waals surface area contributed by atoms with E-state index in [1.807, 2.05) is 0 Å². The Labute approximate surface area is 146 Å². The summed E-state index contributed by atoms with van der Waals surface area (Å²) >= 11 is 0. The molecule has 0 saturated carbocycles. The van der Waals surface area contributed by atoms with E-state index in [9.17, 15) is 14.0 Å². The predicted octanol–water partition coefficient (Wildman–Crippen LogP) is 2.51. The maximum atomic E-state index is 13.7. The molecule has 2 heterocycles. The molecule has 8 heteroatoms. The Bertz CT molecular complexity index is 1080. The van der Waals surface area contributed by atoms with E-state index in [4.69, 9.17) is 9.47 Å². The first kappa shape index (κ1) is 16.1. The van der Waals surface area contributed by atoms with Crippen molar-refractivity contribution >= 4 is 28.7 Å². The third-order valence-electron chi connectivity index (χ3n) is 3.90. The van der Waals surface area contributed by atoms with Gasteiger partial charge in [0.05, 0.1) is 17.6 Å². The summed E-state index contributed by atoms with van der Waals surface area (Å²) in [5.74, 6) is -0.319. The molecular formula is C18H14FN3O4. The first-order valence-corrected chi connectivity index (χ1v) is 7.82. The van der Waals surface area contributed by atoms with E-state index in [0.717, 1.165) is 0 Å². The van der Waals surface area contributed by atoms with Gasteiger partial charge in [-0.2, -0.15) is 0 Å². The normalized spacial score (nSPS) is 13.6. The van der Waals surface area contributed by atoms with E-state index in [1.54, 1.807) is 18.2 Å². The lowest BCUT2D eigenvalue weighted by Gasteiger charge is -2.19. The van der Waals surface area contributed by atoms with Crippen molar-refractivity contribution in [3.8, 4) is 5.75 Å². The Balaban J connectivity index is 1.54. The average Bonchev–Trinajstić information content (AvgIpc) is 2.99. The van der Waals surface area contributed by atoms with Crippen molar-refractivity contribution in [3.63, 3.8) is 0 Å². The highest BCUT2D eigenvalue weighted by Crippen LogP contribution is 2.30. The molecule has 3 aromatic rings. The Hall–Kier alpha value is -3.39. The monoisotopic (exact) mass is 355 g/mol.